The largest absolute Gasteiger partial charge is 0.466 e. The third kappa shape index (κ3) is 64.8. The Morgan fingerprint density at radius 2 is 0.633 bits per heavy atom. The smallest absolute Gasteiger partial charge is 0.305 e. The second-order valence-electron chi connectivity index (χ2n) is 24.2. The first-order chi connectivity index (χ1) is 39.0. The van der Waals surface area contributed by atoms with Crippen LogP contribution < -0.4 is 5.32 Å². The summed E-state index contributed by atoms with van der Waals surface area (Å²) < 4.78 is 5.49. The first-order valence-electron chi connectivity index (χ1n) is 35.4. The summed E-state index contributed by atoms with van der Waals surface area (Å²) in [6, 6.07) is -0.541. The van der Waals surface area contributed by atoms with Crippen LogP contribution in [0, 0.1) is 0 Å². The Morgan fingerprint density at radius 3 is 0.987 bits per heavy atom. The van der Waals surface area contributed by atoms with Crippen LogP contribution in [0.4, 0.5) is 0 Å². The number of nitrogens with one attached hydrogen (secondary N) is 1. The topological polar surface area (TPSA) is 95.9 Å². The molecule has 0 aromatic rings. The summed E-state index contributed by atoms with van der Waals surface area (Å²) in [5.74, 6) is -0.0272. The minimum Gasteiger partial charge on any atom is -0.466 e. The molecule has 0 saturated heterocycles. The van der Waals surface area contributed by atoms with Gasteiger partial charge in [0, 0.05) is 12.8 Å². The molecule has 0 fully saturated rings. The molecule has 6 heteroatoms. The van der Waals surface area contributed by atoms with E-state index in [9.17, 15) is 19.8 Å². The van der Waals surface area contributed by atoms with E-state index in [-0.39, 0.29) is 18.5 Å². The van der Waals surface area contributed by atoms with Gasteiger partial charge < -0.3 is 20.3 Å². The van der Waals surface area contributed by atoms with Crippen LogP contribution in [0.5, 0.6) is 0 Å². The van der Waals surface area contributed by atoms with Crippen molar-refractivity contribution in [3.8, 4) is 0 Å². The van der Waals surface area contributed by atoms with Gasteiger partial charge in [-0.15, -0.1) is 0 Å². The maximum atomic E-state index is 12.5. The quantitative estimate of drug-likeness (QED) is 0.0320. The molecule has 0 spiro atoms. The molecule has 0 aliphatic carbocycles. The van der Waals surface area contributed by atoms with Crippen LogP contribution in [0.15, 0.2) is 48.6 Å². The van der Waals surface area contributed by atoms with Crippen LogP contribution in [0.3, 0.4) is 0 Å². The van der Waals surface area contributed by atoms with Gasteiger partial charge in [0.25, 0.3) is 0 Å². The van der Waals surface area contributed by atoms with Crippen LogP contribution in [-0.4, -0.2) is 47.4 Å². The molecule has 2 atom stereocenters. The van der Waals surface area contributed by atoms with Crippen LogP contribution in [-0.2, 0) is 14.3 Å². The maximum absolute atomic E-state index is 12.5. The molecule has 79 heavy (non-hydrogen) atoms. The van der Waals surface area contributed by atoms with Crippen LogP contribution >= 0.6 is 0 Å². The molecule has 0 aromatic heterocycles. The monoisotopic (exact) mass is 1110 g/mol. The maximum Gasteiger partial charge on any atom is 0.305 e. The van der Waals surface area contributed by atoms with Crippen molar-refractivity contribution < 1.29 is 24.5 Å². The predicted octanol–water partition coefficient (Wildman–Crippen LogP) is 22.9. The van der Waals surface area contributed by atoms with Crippen molar-refractivity contribution in [1.29, 1.82) is 0 Å². The van der Waals surface area contributed by atoms with E-state index in [1.165, 1.54) is 289 Å². The van der Waals surface area contributed by atoms with Gasteiger partial charge in [-0.2, -0.15) is 0 Å². The Balaban J connectivity index is 3.38. The molecule has 0 saturated carbocycles. The van der Waals surface area contributed by atoms with Gasteiger partial charge in [-0.05, 0) is 89.9 Å². The number of esters is 1. The second-order valence-corrected chi connectivity index (χ2v) is 24.2. The van der Waals surface area contributed by atoms with E-state index in [1.807, 2.05) is 0 Å². The Bertz CT molecular complexity index is 1320. The minimum atomic E-state index is -0.664. The summed E-state index contributed by atoms with van der Waals surface area (Å²) in [5, 5.41) is 23.3. The molecule has 0 bridgehead atoms. The SMILES string of the molecule is CCCCC/C=C\C/C=C\CCCCCCCCCC(=O)OCCCCCCCCCCC/C=C\C/C=C\CCCCCCCCCCCCCCCCCC(=O)NC(CO)C(O)CCCCCCCCCCCCCCCC. The summed E-state index contributed by atoms with van der Waals surface area (Å²) in [5.41, 5.74) is 0. The Kier molecular flexibility index (Phi) is 66.4. The van der Waals surface area contributed by atoms with Crippen molar-refractivity contribution in [2.24, 2.45) is 0 Å². The van der Waals surface area contributed by atoms with Crippen LogP contribution in [0.25, 0.3) is 0 Å². The molecule has 1 amide bonds. The van der Waals surface area contributed by atoms with Crippen molar-refractivity contribution in [2.75, 3.05) is 13.2 Å². The van der Waals surface area contributed by atoms with Crippen molar-refractivity contribution in [3.05, 3.63) is 48.6 Å². The number of hydrogen-bond acceptors (Lipinski definition) is 5. The zero-order valence-electron chi connectivity index (χ0n) is 53.1. The average Bonchev–Trinajstić information content (AvgIpc) is 3.45. The highest BCUT2D eigenvalue weighted by Gasteiger charge is 2.20. The summed E-state index contributed by atoms with van der Waals surface area (Å²) in [6.07, 6.45) is 88.7. The number of carbonyl (C=O) groups excluding carboxylic acids is 2. The van der Waals surface area contributed by atoms with E-state index in [0.717, 1.165) is 57.8 Å². The van der Waals surface area contributed by atoms with Gasteiger partial charge in [0.2, 0.25) is 5.91 Å². The number of carbonyl (C=O) groups is 2. The van der Waals surface area contributed by atoms with Crippen molar-refractivity contribution in [3.63, 3.8) is 0 Å². The number of amides is 1. The Morgan fingerprint density at radius 1 is 0.354 bits per heavy atom. The van der Waals surface area contributed by atoms with Crippen molar-refractivity contribution >= 4 is 11.9 Å². The number of ether oxygens (including phenoxy) is 1. The zero-order valence-corrected chi connectivity index (χ0v) is 53.1. The third-order valence-corrected chi connectivity index (χ3v) is 16.4. The molecular weight excluding hydrogens is 971 g/mol. The number of hydrogen-bond donors (Lipinski definition) is 3. The zero-order chi connectivity index (χ0) is 57.1. The third-order valence-electron chi connectivity index (χ3n) is 16.4. The van der Waals surface area contributed by atoms with Gasteiger partial charge in [-0.3, -0.25) is 9.59 Å². The van der Waals surface area contributed by atoms with Crippen LogP contribution in [0.1, 0.15) is 380 Å². The van der Waals surface area contributed by atoms with Gasteiger partial charge in [0.15, 0.2) is 0 Å². The Hall–Kier alpha value is -2.18. The van der Waals surface area contributed by atoms with Crippen molar-refractivity contribution in [1.82, 2.24) is 5.32 Å². The molecule has 2 unspecified atom stereocenters. The normalized spacial score (nSPS) is 12.8. The molecule has 6 nitrogen and oxygen atoms in total. The summed E-state index contributed by atoms with van der Waals surface area (Å²) >= 11 is 0. The molecule has 0 radical (unpaired) electrons. The van der Waals surface area contributed by atoms with E-state index in [4.69, 9.17) is 4.74 Å². The summed E-state index contributed by atoms with van der Waals surface area (Å²) in [4.78, 5) is 24.6. The fourth-order valence-electron chi connectivity index (χ4n) is 10.9. The second kappa shape index (κ2) is 68.3. The fourth-order valence-corrected chi connectivity index (χ4v) is 10.9. The molecular formula is C73H137NO5. The van der Waals surface area contributed by atoms with Gasteiger partial charge >= 0.3 is 5.97 Å². The first-order valence-corrected chi connectivity index (χ1v) is 35.4. The molecule has 3 N–H and O–H groups in total. The predicted molar refractivity (Wildman–Crippen MR) is 347 cm³/mol. The van der Waals surface area contributed by atoms with E-state index in [1.54, 1.807) is 0 Å². The molecule has 464 valence electrons. The highest BCUT2D eigenvalue weighted by atomic mass is 16.5. The van der Waals surface area contributed by atoms with E-state index in [0.29, 0.717) is 25.9 Å². The molecule has 0 aliphatic rings. The molecule has 0 aromatic carbocycles. The van der Waals surface area contributed by atoms with Gasteiger partial charge in [-0.1, -0.05) is 326 Å². The van der Waals surface area contributed by atoms with Gasteiger partial charge in [-0.25, -0.2) is 0 Å². The average molecular weight is 1110 g/mol. The molecule has 0 aliphatic heterocycles. The summed E-state index contributed by atoms with van der Waals surface area (Å²) in [7, 11) is 0. The number of aliphatic hydroxyl groups is 2. The highest BCUT2D eigenvalue weighted by molar-refractivity contribution is 5.76. The number of unbranched alkanes of at least 4 members (excludes halogenated alkanes) is 47. The van der Waals surface area contributed by atoms with Gasteiger partial charge in [0.1, 0.15) is 0 Å². The van der Waals surface area contributed by atoms with Crippen molar-refractivity contribution in [2.45, 2.75) is 392 Å². The van der Waals surface area contributed by atoms with E-state index in [2.05, 4.69) is 67.8 Å². The highest BCUT2D eigenvalue weighted by Crippen LogP contribution is 2.18. The van der Waals surface area contributed by atoms with E-state index >= 15 is 0 Å². The lowest BCUT2D eigenvalue weighted by Crippen LogP contribution is -2.45. The lowest BCUT2D eigenvalue weighted by Gasteiger charge is -2.22. The number of rotatable bonds is 66. The number of aliphatic hydroxyl groups excluding tert-OH is 2. The first kappa shape index (κ1) is 76.8. The number of allylic oxidation sites excluding steroid dienone is 8. The summed E-state index contributed by atoms with van der Waals surface area (Å²) in [6.45, 7) is 4.94. The minimum absolute atomic E-state index is 0.00550. The Labute approximate surface area is 493 Å². The van der Waals surface area contributed by atoms with E-state index < -0.39 is 12.1 Å². The lowest BCUT2D eigenvalue weighted by atomic mass is 10.0. The van der Waals surface area contributed by atoms with Crippen LogP contribution in [0.2, 0.25) is 0 Å². The van der Waals surface area contributed by atoms with Gasteiger partial charge in [0.05, 0.1) is 25.4 Å². The lowest BCUT2D eigenvalue weighted by molar-refractivity contribution is -0.143. The molecule has 0 heterocycles. The standard InChI is InChI=1S/C73H137NO5/c1-3-5-7-9-11-13-15-17-19-35-39-43-47-51-55-59-63-67-73(78)79-68-64-60-56-52-48-44-40-37-34-32-30-28-26-24-22-20-21-23-25-27-29-31-33-36-38-42-46-50-54-58-62-66-72(77)74-70(69-75)71(76)65-61-57-53-49-45-41-18-16-14-12-10-8-6-4-2/h11,13,17,19,22,24,28,30,70-71,75-76H,3-10,12,14-16,18,20-21,23,25-27,29,31-69H2,1-2H3,(H,74,77)/b13-11-,19-17-,24-22-,30-28-. The molecule has 0 rings (SSSR count). The fraction of sp³-hybridized carbons (Fsp3) is 0.863.